The van der Waals surface area contributed by atoms with Gasteiger partial charge in [0, 0.05) is 45.0 Å². The van der Waals surface area contributed by atoms with Gasteiger partial charge in [0.1, 0.15) is 0 Å². The molecule has 29 heavy (non-hydrogen) atoms. The smallest absolute Gasteiger partial charge is 0.211 e. The van der Waals surface area contributed by atoms with Crippen molar-refractivity contribution in [3.63, 3.8) is 0 Å². The molecule has 3 rings (SSSR count). The average molecular weight is 535 g/mol. The van der Waals surface area contributed by atoms with Gasteiger partial charge in [-0.3, -0.25) is 4.99 Å². The minimum Gasteiger partial charge on any atom is -0.372 e. The zero-order valence-electron chi connectivity index (χ0n) is 17.6. The lowest BCUT2D eigenvalue weighted by molar-refractivity contribution is 0.387. The number of aliphatic imine (C=N–C) groups is 1. The van der Waals surface area contributed by atoms with Gasteiger partial charge in [0.05, 0.1) is 12.3 Å². The highest BCUT2D eigenvalue weighted by Crippen LogP contribution is 2.24. The molecule has 2 saturated heterocycles. The second kappa shape index (κ2) is 10.8. The molecule has 0 aliphatic carbocycles. The van der Waals surface area contributed by atoms with Crippen molar-refractivity contribution in [2.45, 2.75) is 44.7 Å². The molecule has 9 heteroatoms. The Kier molecular flexibility index (Phi) is 9.02. The van der Waals surface area contributed by atoms with Crippen molar-refractivity contribution in [3.8, 4) is 0 Å². The van der Waals surface area contributed by atoms with E-state index in [4.69, 9.17) is 0 Å². The van der Waals surface area contributed by atoms with Gasteiger partial charge in [-0.1, -0.05) is 12.1 Å². The van der Waals surface area contributed by atoms with Crippen LogP contribution in [0.4, 0.5) is 5.69 Å². The Bertz CT molecular complexity index is 796. The van der Waals surface area contributed by atoms with Crippen LogP contribution in [0.25, 0.3) is 0 Å². The molecule has 0 aromatic heterocycles. The first kappa shape index (κ1) is 24.2. The van der Waals surface area contributed by atoms with Crippen LogP contribution >= 0.6 is 24.0 Å². The van der Waals surface area contributed by atoms with Gasteiger partial charge < -0.3 is 15.5 Å². The first-order valence-corrected chi connectivity index (χ1v) is 12.0. The molecule has 0 amide bonds. The summed E-state index contributed by atoms with van der Waals surface area (Å²) in [5.74, 6) is 0.694. The van der Waals surface area contributed by atoms with E-state index in [1.807, 2.05) is 0 Å². The van der Waals surface area contributed by atoms with Gasteiger partial charge >= 0.3 is 0 Å². The summed E-state index contributed by atoms with van der Waals surface area (Å²) in [6.45, 7) is 5.55. The summed E-state index contributed by atoms with van der Waals surface area (Å²) in [5, 5.41) is 6.74. The predicted octanol–water partition coefficient (Wildman–Crippen LogP) is 2.55. The second-order valence-corrected chi connectivity index (χ2v) is 9.71. The third-order valence-corrected chi connectivity index (χ3v) is 7.01. The summed E-state index contributed by atoms with van der Waals surface area (Å²) in [7, 11) is -1.42. The van der Waals surface area contributed by atoms with Crippen molar-refractivity contribution >= 4 is 45.6 Å². The molecule has 2 atom stereocenters. The number of benzene rings is 1. The van der Waals surface area contributed by atoms with E-state index in [2.05, 4.69) is 51.7 Å². The van der Waals surface area contributed by atoms with Crippen molar-refractivity contribution in [2.24, 2.45) is 4.99 Å². The van der Waals surface area contributed by atoms with Crippen molar-refractivity contribution in [1.29, 1.82) is 0 Å². The SMILES string of the molecule is CN=C(NC[C@H]1CCCN1S(C)(=O)=O)NC(C)c1cccc(N2CCCC2)c1.I. The largest absolute Gasteiger partial charge is 0.372 e. The van der Waals surface area contributed by atoms with Crippen LogP contribution in [0.3, 0.4) is 0 Å². The molecular formula is C20H34IN5O2S. The lowest BCUT2D eigenvalue weighted by Gasteiger charge is -2.25. The monoisotopic (exact) mass is 535 g/mol. The van der Waals surface area contributed by atoms with Crippen LogP contribution in [-0.4, -0.2) is 64.2 Å². The number of guanidine groups is 1. The molecular weight excluding hydrogens is 501 g/mol. The Morgan fingerprint density at radius 2 is 1.97 bits per heavy atom. The van der Waals surface area contributed by atoms with E-state index in [1.165, 1.54) is 30.3 Å². The summed E-state index contributed by atoms with van der Waals surface area (Å²) in [6, 6.07) is 8.76. The summed E-state index contributed by atoms with van der Waals surface area (Å²) < 4.78 is 25.4. The summed E-state index contributed by atoms with van der Waals surface area (Å²) in [4.78, 5) is 6.75. The van der Waals surface area contributed by atoms with Crippen molar-refractivity contribution < 1.29 is 8.42 Å². The Labute approximate surface area is 192 Å². The number of nitrogens with zero attached hydrogens (tertiary/aromatic N) is 3. The molecule has 164 valence electrons. The summed E-state index contributed by atoms with van der Waals surface area (Å²) >= 11 is 0. The second-order valence-electron chi connectivity index (χ2n) is 7.78. The third kappa shape index (κ3) is 6.45. The molecule has 1 unspecified atom stereocenters. The Morgan fingerprint density at radius 3 is 2.62 bits per heavy atom. The van der Waals surface area contributed by atoms with E-state index < -0.39 is 10.0 Å². The van der Waals surface area contributed by atoms with Crippen molar-refractivity contribution in [1.82, 2.24) is 14.9 Å². The average Bonchev–Trinajstić information content (AvgIpc) is 3.36. The molecule has 1 aromatic carbocycles. The quantitative estimate of drug-likeness (QED) is 0.333. The third-order valence-electron chi connectivity index (χ3n) is 5.67. The maximum atomic E-state index is 11.9. The lowest BCUT2D eigenvalue weighted by atomic mass is 10.1. The molecule has 0 radical (unpaired) electrons. The topological polar surface area (TPSA) is 77.0 Å². The van der Waals surface area contributed by atoms with E-state index in [-0.39, 0.29) is 36.1 Å². The normalized spacial score (nSPS) is 21.7. The lowest BCUT2D eigenvalue weighted by Crippen LogP contribution is -2.46. The molecule has 2 aliphatic rings. The molecule has 2 heterocycles. The molecule has 0 bridgehead atoms. The minimum absolute atomic E-state index is 0. The number of sulfonamides is 1. The van der Waals surface area contributed by atoms with Crippen LogP contribution in [0.15, 0.2) is 29.3 Å². The van der Waals surface area contributed by atoms with E-state index in [1.54, 1.807) is 11.4 Å². The van der Waals surface area contributed by atoms with Crippen LogP contribution in [0, 0.1) is 0 Å². The van der Waals surface area contributed by atoms with Gasteiger partial charge in [-0.15, -0.1) is 24.0 Å². The van der Waals surface area contributed by atoms with E-state index in [0.717, 1.165) is 25.9 Å². The number of nitrogens with one attached hydrogen (secondary N) is 2. The van der Waals surface area contributed by atoms with Gasteiger partial charge in [-0.2, -0.15) is 4.31 Å². The molecule has 1 aromatic rings. The summed E-state index contributed by atoms with van der Waals surface area (Å²) in [6.07, 6.45) is 5.60. The molecule has 2 N–H and O–H groups in total. The van der Waals surface area contributed by atoms with Crippen LogP contribution in [0.2, 0.25) is 0 Å². The first-order valence-electron chi connectivity index (χ1n) is 10.2. The Balaban J connectivity index is 0.00000300. The number of halogens is 1. The van der Waals surface area contributed by atoms with Crippen LogP contribution < -0.4 is 15.5 Å². The fourth-order valence-electron chi connectivity index (χ4n) is 4.11. The van der Waals surface area contributed by atoms with Gasteiger partial charge in [-0.05, 0) is 50.3 Å². The molecule has 0 saturated carbocycles. The number of hydrogen-bond donors (Lipinski definition) is 2. The van der Waals surface area contributed by atoms with E-state index in [0.29, 0.717) is 19.0 Å². The zero-order chi connectivity index (χ0) is 20.1. The molecule has 2 aliphatic heterocycles. The van der Waals surface area contributed by atoms with Gasteiger partial charge in [0.25, 0.3) is 0 Å². The molecule has 0 spiro atoms. The predicted molar refractivity (Wildman–Crippen MR) is 131 cm³/mol. The highest BCUT2D eigenvalue weighted by Gasteiger charge is 2.31. The Hall–Kier alpha value is -1.07. The summed E-state index contributed by atoms with van der Waals surface area (Å²) in [5.41, 5.74) is 2.49. The van der Waals surface area contributed by atoms with Crippen LogP contribution in [0.1, 0.15) is 44.2 Å². The standard InChI is InChI=1S/C20H33N5O2S.HI/c1-16(17-8-6-9-18(14-17)24-11-4-5-12-24)23-20(21-2)22-15-19-10-7-13-25(19)28(3,26)27;/h6,8-9,14,16,19H,4-5,7,10-13,15H2,1-3H3,(H2,21,22,23);1H/t16?,19-;/m1./s1. The highest BCUT2D eigenvalue weighted by molar-refractivity contribution is 14.0. The number of anilines is 1. The van der Waals surface area contributed by atoms with Gasteiger partial charge in [0.2, 0.25) is 10.0 Å². The number of hydrogen-bond acceptors (Lipinski definition) is 4. The zero-order valence-corrected chi connectivity index (χ0v) is 20.7. The highest BCUT2D eigenvalue weighted by atomic mass is 127. The van der Waals surface area contributed by atoms with E-state index in [9.17, 15) is 8.42 Å². The Morgan fingerprint density at radius 1 is 1.24 bits per heavy atom. The minimum atomic E-state index is -3.16. The maximum absolute atomic E-state index is 11.9. The van der Waals surface area contributed by atoms with Crippen LogP contribution in [0.5, 0.6) is 0 Å². The number of rotatable bonds is 6. The molecule has 2 fully saturated rings. The maximum Gasteiger partial charge on any atom is 0.211 e. The fourth-order valence-corrected chi connectivity index (χ4v) is 5.30. The van der Waals surface area contributed by atoms with Crippen LogP contribution in [-0.2, 0) is 10.0 Å². The van der Waals surface area contributed by atoms with Gasteiger partial charge in [-0.25, -0.2) is 8.42 Å². The van der Waals surface area contributed by atoms with Crippen molar-refractivity contribution in [3.05, 3.63) is 29.8 Å². The van der Waals surface area contributed by atoms with E-state index >= 15 is 0 Å². The first-order chi connectivity index (χ1) is 13.4. The van der Waals surface area contributed by atoms with Gasteiger partial charge in [0.15, 0.2) is 5.96 Å². The molecule has 7 nitrogen and oxygen atoms in total. The fraction of sp³-hybridized carbons (Fsp3) is 0.650. The van der Waals surface area contributed by atoms with Crippen molar-refractivity contribution in [2.75, 3.05) is 44.4 Å².